The number of hydrogen-bond donors (Lipinski definition) is 0. The van der Waals surface area contributed by atoms with Gasteiger partial charge in [0.15, 0.2) is 0 Å². The Labute approximate surface area is 140 Å². The smallest absolute Gasteiger partial charge is 0.343 e. The van der Waals surface area contributed by atoms with Crippen LogP contribution in [0.5, 0.6) is 5.75 Å². The van der Waals surface area contributed by atoms with E-state index in [9.17, 15) is 9.59 Å². The Morgan fingerprint density at radius 1 is 1.12 bits per heavy atom. The predicted molar refractivity (Wildman–Crippen MR) is 87.9 cm³/mol. The Morgan fingerprint density at radius 2 is 1.92 bits per heavy atom. The molecule has 2 aromatic carbocycles. The third-order valence-corrected chi connectivity index (χ3v) is 4.88. The molecule has 0 saturated heterocycles. The van der Waals surface area contributed by atoms with E-state index in [4.69, 9.17) is 9.47 Å². The Morgan fingerprint density at radius 3 is 2.67 bits per heavy atom. The van der Waals surface area contributed by atoms with E-state index < -0.39 is 0 Å². The number of rotatable bonds is 4. The molecule has 0 heterocycles. The first-order chi connectivity index (χ1) is 11.7. The second-order valence-corrected chi connectivity index (χ2v) is 6.29. The highest BCUT2D eigenvalue weighted by atomic mass is 16.5. The fraction of sp³-hybridized carbons (Fsp3) is 0.300. The number of carbonyl (C=O) groups excluding carboxylic acids is 2. The molecule has 0 aliphatic heterocycles. The topological polar surface area (TPSA) is 52.6 Å². The van der Waals surface area contributed by atoms with Gasteiger partial charge < -0.3 is 9.47 Å². The minimum Gasteiger partial charge on any atom is -0.466 e. The number of benzene rings is 2. The Kier molecular flexibility index (Phi) is 3.60. The number of hydrogen-bond acceptors (Lipinski definition) is 4. The molecule has 0 unspecified atom stereocenters. The quantitative estimate of drug-likeness (QED) is 0.640. The van der Waals surface area contributed by atoms with Gasteiger partial charge in [-0.2, -0.15) is 0 Å². The summed E-state index contributed by atoms with van der Waals surface area (Å²) in [5.74, 6) is 0.740. The Balaban J connectivity index is 1.47. The maximum absolute atomic E-state index is 12.1. The molecule has 4 nitrogen and oxygen atoms in total. The highest BCUT2D eigenvalue weighted by Gasteiger charge is 2.60. The zero-order valence-corrected chi connectivity index (χ0v) is 13.4. The van der Waals surface area contributed by atoms with Crippen LogP contribution in [-0.2, 0) is 16.0 Å². The molecule has 24 heavy (non-hydrogen) atoms. The van der Waals surface area contributed by atoms with Crippen molar-refractivity contribution in [3.05, 3.63) is 65.2 Å². The molecule has 2 aromatic rings. The van der Waals surface area contributed by atoms with Gasteiger partial charge in [0.05, 0.1) is 18.1 Å². The van der Waals surface area contributed by atoms with Gasteiger partial charge >= 0.3 is 11.9 Å². The van der Waals surface area contributed by atoms with Crippen molar-refractivity contribution in [2.24, 2.45) is 11.8 Å². The average Bonchev–Trinajstić information content (AvgIpc) is 3.18. The van der Waals surface area contributed by atoms with E-state index in [1.165, 1.54) is 11.1 Å². The molecule has 0 spiro atoms. The normalized spacial score (nSPS) is 23.1. The van der Waals surface area contributed by atoms with Crippen molar-refractivity contribution in [3.8, 4) is 5.75 Å². The lowest BCUT2D eigenvalue weighted by Crippen LogP contribution is -2.11. The molecule has 122 valence electrons. The average molecular weight is 322 g/mol. The van der Waals surface area contributed by atoms with Gasteiger partial charge in [0.25, 0.3) is 0 Å². The second kappa shape index (κ2) is 5.78. The fourth-order valence-electron chi connectivity index (χ4n) is 3.75. The van der Waals surface area contributed by atoms with Gasteiger partial charge in [0, 0.05) is 5.92 Å². The molecule has 3 atom stereocenters. The maximum atomic E-state index is 12.1. The molecule has 2 aliphatic carbocycles. The second-order valence-electron chi connectivity index (χ2n) is 6.29. The molecule has 0 radical (unpaired) electrons. The van der Waals surface area contributed by atoms with Crippen LogP contribution in [-0.4, -0.2) is 18.5 Å². The molecule has 0 aromatic heterocycles. The number of esters is 2. The molecule has 4 rings (SSSR count). The van der Waals surface area contributed by atoms with E-state index in [1.54, 1.807) is 12.1 Å². The largest absolute Gasteiger partial charge is 0.466 e. The Hall–Kier alpha value is -2.62. The van der Waals surface area contributed by atoms with Gasteiger partial charge in [0.2, 0.25) is 0 Å². The number of ether oxygens (including phenoxy) is 2. The van der Waals surface area contributed by atoms with Gasteiger partial charge in [0.1, 0.15) is 5.75 Å². The maximum Gasteiger partial charge on any atom is 0.343 e. The lowest BCUT2D eigenvalue weighted by atomic mass is 10.0. The summed E-state index contributed by atoms with van der Waals surface area (Å²) >= 11 is 0. The predicted octanol–water partition coefficient (Wildman–Crippen LogP) is 3.35. The lowest BCUT2D eigenvalue weighted by molar-refractivity contribution is -0.145. The van der Waals surface area contributed by atoms with Crippen molar-refractivity contribution in [1.82, 2.24) is 0 Å². The van der Waals surface area contributed by atoms with Crippen LogP contribution < -0.4 is 4.74 Å². The van der Waals surface area contributed by atoms with Crippen LogP contribution in [0.25, 0.3) is 0 Å². The van der Waals surface area contributed by atoms with E-state index >= 15 is 0 Å². The van der Waals surface area contributed by atoms with Gasteiger partial charge in [-0.05, 0) is 54.7 Å². The SMILES string of the molecule is CCOC(=O)[C@H]1[C@@H]2Cc3cc(OC(=O)c4ccccc4)ccc3[C@@H]21. The van der Waals surface area contributed by atoms with Crippen molar-refractivity contribution in [1.29, 1.82) is 0 Å². The summed E-state index contributed by atoms with van der Waals surface area (Å²) in [7, 11) is 0. The first kappa shape index (κ1) is 14.9. The van der Waals surface area contributed by atoms with Crippen LogP contribution in [0.1, 0.15) is 34.3 Å². The zero-order chi connectivity index (χ0) is 16.7. The molecular formula is C20H18O4. The van der Waals surface area contributed by atoms with Crippen LogP contribution >= 0.6 is 0 Å². The third-order valence-electron chi connectivity index (χ3n) is 4.88. The molecule has 4 heteroatoms. The summed E-state index contributed by atoms with van der Waals surface area (Å²) in [6.07, 6.45) is 0.847. The van der Waals surface area contributed by atoms with Gasteiger partial charge in [-0.1, -0.05) is 24.3 Å². The molecule has 2 aliphatic rings. The molecule has 0 amide bonds. The minimum absolute atomic E-state index is 0.00942. The van der Waals surface area contributed by atoms with Crippen LogP contribution in [0.2, 0.25) is 0 Å². The summed E-state index contributed by atoms with van der Waals surface area (Å²) in [5.41, 5.74) is 2.89. The zero-order valence-electron chi connectivity index (χ0n) is 13.4. The van der Waals surface area contributed by atoms with Crippen LogP contribution in [0.3, 0.4) is 0 Å². The lowest BCUT2D eigenvalue weighted by Gasteiger charge is -2.10. The Bertz CT molecular complexity index is 797. The molecule has 0 N–H and O–H groups in total. The monoisotopic (exact) mass is 322 g/mol. The molecule has 1 fully saturated rings. The van der Waals surface area contributed by atoms with Crippen molar-refractivity contribution in [2.45, 2.75) is 19.3 Å². The minimum atomic E-state index is -0.358. The molecule has 0 bridgehead atoms. The highest BCUT2D eigenvalue weighted by molar-refractivity contribution is 5.91. The first-order valence-electron chi connectivity index (χ1n) is 8.25. The summed E-state index contributed by atoms with van der Waals surface area (Å²) in [6.45, 7) is 2.26. The van der Waals surface area contributed by atoms with E-state index in [1.807, 2.05) is 43.3 Å². The van der Waals surface area contributed by atoms with Crippen molar-refractivity contribution in [2.75, 3.05) is 6.61 Å². The van der Waals surface area contributed by atoms with E-state index in [0.717, 1.165) is 6.42 Å². The number of fused-ring (bicyclic) bond motifs is 3. The van der Waals surface area contributed by atoms with Gasteiger partial charge in [-0.25, -0.2) is 4.79 Å². The summed E-state index contributed by atoms with van der Waals surface area (Å²) in [6, 6.07) is 14.6. The van der Waals surface area contributed by atoms with Crippen LogP contribution in [0.15, 0.2) is 48.5 Å². The van der Waals surface area contributed by atoms with Crippen molar-refractivity contribution in [3.63, 3.8) is 0 Å². The van der Waals surface area contributed by atoms with Crippen molar-refractivity contribution < 1.29 is 19.1 Å². The summed E-state index contributed by atoms with van der Waals surface area (Å²) in [5, 5.41) is 0. The van der Waals surface area contributed by atoms with Crippen molar-refractivity contribution >= 4 is 11.9 Å². The van der Waals surface area contributed by atoms with E-state index in [2.05, 4.69) is 0 Å². The first-order valence-corrected chi connectivity index (χ1v) is 8.25. The highest BCUT2D eigenvalue weighted by Crippen LogP contribution is 2.62. The van der Waals surface area contributed by atoms with Crippen LogP contribution in [0.4, 0.5) is 0 Å². The standard InChI is InChI=1S/C20H18O4/c1-2-23-20(22)18-16-11-13-10-14(8-9-15(13)17(16)18)24-19(21)12-6-4-3-5-7-12/h3-10,16-18H,2,11H2,1H3/t16-,17+,18+/m1/s1. The van der Waals surface area contributed by atoms with Crippen LogP contribution in [0, 0.1) is 11.8 Å². The fourth-order valence-corrected chi connectivity index (χ4v) is 3.75. The molecule has 1 saturated carbocycles. The number of carbonyl (C=O) groups is 2. The van der Waals surface area contributed by atoms with Gasteiger partial charge in [-0.15, -0.1) is 0 Å². The van der Waals surface area contributed by atoms with E-state index in [-0.39, 0.29) is 23.8 Å². The summed E-state index contributed by atoms with van der Waals surface area (Å²) in [4.78, 5) is 24.0. The third kappa shape index (κ3) is 2.48. The summed E-state index contributed by atoms with van der Waals surface area (Å²) < 4.78 is 10.6. The van der Waals surface area contributed by atoms with E-state index in [0.29, 0.717) is 23.8 Å². The van der Waals surface area contributed by atoms with Gasteiger partial charge in [-0.3, -0.25) is 4.79 Å². The molecular weight excluding hydrogens is 304 g/mol.